The van der Waals surface area contributed by atoms with Gasteiger partial charge in [0.05, 0.1) is 0 Å². The summed E-state index contributed by atoms with van der Waals surface area (Å²) in [6.07, 6.45) is 7.76. The molecule has 0 aliphatic rings. The van der Waals surface area contributed by atoms with E-state index in [2.05, 4.69) is 9.98 Å². The normalized spacial score (nSPS) is 11.5. The summed E-state index contributed by atoms with van der Waals surface area (Å²) in [5, 5.41) is 19.2. The smallest absolute Gasteiger partial charge is 0.124 e. The lowest BCUT2D eigenvalue weighted by Crippen LogP contribution is -1.89. The van der Waals surface area contributed by atoms with Gasteiger partial charge in [0.1, 0.15) is 11.5 Å². The lowest BCUT2D eigenvalue weighted by Gasteiger charge is -1.99. The molecule has 2 N–H and O–H groups in total. The zero-order valence-electron chi connectivity index (χ0n) is 13.8. The van der Waals surface area contributed by atoms with E-state index >= 15 is 0 Å². The van der Waals surface area contributed by atoms with Crippen LogP contribution >= 0.6 is 0 Å². The Balaban J connectivity index is 1.54. The third-order valence-corrected chi connectivity index (χ3v) is 3.66. The van der Waals surface area contributed by atoms with Crippen molar-refractivity contribution in [2.75, 3.05) is 13.1 Å². The van der Waals surface area contributed by atoms with Crippen LogP contribution in [0.15, 0.2) is 58.5 Å². The van der Waals surface area contributed by atoms with Crippen LogP contribution in [0, 0.1) is 0 Å². The van der Waals surface area contributed by atoms with Crippen LogP contribution in [-0.2, 0) is 0 Å². The van der Waals surface area contributed by atoms with Gasteiger partial charge in [-0.1, -0.05) is 37.1 Å². The maximum atomic E-state index is 9.61. The predicted molar refractivity (Wildman–Crippen MR) is 99.6 cm³/mol. The van der Waals surface area contributed by atoms with Gasteiger partial charge in [-0.05, 0) is 37.1 Å². The first-order chi connectivity index (χ1) is 11.8. The lowest BCUT2D eigenvalue weighted by molar-refractivity contribution is 0.474. The molecule has 0 spiro atoms. The highest BCUT2D eigenvalue weighted by molar-refractivity contribution is 5.83. The second-order valence-electron chi connectivity index (χ2n) is 5.60. The van der Waals surface area contributed by atoms with Crippen LogP contribution in [0.4, 0.5) is 0 Å². The molecule has 24 heavy (non-hydrogen) atoms. The highest BCUT2D eigenvalue weighted by atomic mass is 16.3. The van der Waals surface area contributed by atoms with E-state index in [9.17, 15) is 10.2 Å². The van der Waals surface area contributed by atoms with Crippen molar-refractivity contribution < 1.29 is 10.2 Å². The zero-order valence-corrected chi connectivity index (χ0v) is 13.8. The molecule has 0 aromatic heterocycles. The number of aromatic hydroxyl groups is 2. The minimum absolute atomic E-state index is 0.267. The molecule has 4 nitrogen and oxygen atoms in total. The number of unbranched alkanes of at least 4 members (excludes halogenated alkanes) is 3. The summed E-state index contributed by atoms with van der Waals surface area (Å²) in [4.78, 5) is 8.69. The molecule has 0 radical (unpaired) electrons. The fourth-order valence-corrected chi connectivity index (χ4v) is 2.28. The van der Waals surface area contributed by atoms with Gasteiger partial charge in [0.15, 0.2) is 0 Å². The summed E-state index contributed by atoms with van der Waals surface area (Å²) in [6.45, 7) is 1.55. The molecule has 4 heteroatoms. The number of para-hydroxylation sites is 2. The number of nitrogens with zero attached hydrogens (tertiary/aromatic N) is 2. The second-order valence-corrected chi connectivity index (χ2v) is 5.60. The Kier molecular flexibility index (Phi) is 7.54. The van der Waals surface area contributed by atoms with Gasteiger partial charge in [-0.3, -0.25) is 9.98 Å². The van der Waals surface area contributed by atoms with Crippen molar-refractivity contribution in [2.24, 2.45) is 9.98 Å². The minimum atomic E-state index is 0.267. The van der Waals surface area contributed by atoms with E-state index in [1.165, 1.54) is 0 Å². The van der Waals surface area contributed by atoms with Gasteiger partial charge in [0, 0.05) is 36.6 Å². The number of aliphatic imine (C=N–C) groups is 2. The average Bonchev–Trinajstić information content (AvgIpc) is 2.59. The first-order valence-electron chi connectivity index (χ1n) is 8.33. The number of benzene rings is 2. The number of phenols is 2. The zero-order chi connectivity index (χ0) is 17.0. The molecule has 0 atom stereocenters. The van der Waals surface area contributed by atoms with Crippen molar-refractivity contribution in [3.05, 3.63) is 59.7 Å². The monoisotopic (exact) mass is 324 g/mol. The van der Waals surface area contributed by atoms with Crippen LogP contribution in [0.25, 0.3) is 0 Å². The molecule has 2 aromatic rings. The van der Waals surface area contributed by atoms with Crippen molar-refractivity contribution in [3.8, 4) is 11.5 Å². The van der Waals surface area contributed by atoms with E-state index in [1.54, 1.807) is 36.7 Å². The fourth-order valence-electron chi connectivity index (χ4n) is 2.28. The molecule has 0 aliphatic heterocycles. The number of hydrogen-bond donors (Lipinski definition) is 2. The van der Waals surface area contributed by atoms with Crippen molar-refractivity contribution >= 4 is 12.4 Å². The highest BCUT2D eigenvalue weighted by Crippen LogP contribution is 2.13. The Bertz CT molecular complexity index is 621. The molecule has 0 fully saturated rings. The van der Waals surface area contributed by atoms with Gasteiger partial charge in [-0.25, -0.2) is 0 Å². The van der Waals surface area contributed by atoms with Gasteiger partial charge in [-0.15, -0.1) is 0 Å². The first-order valence-corrected chi connectivity index (χ1v) is 8.33. The van der Waals surface area contributed by atoms with E-state index in [1.807, 2.05) is 24.3 Å². The van der Waals surface area contributed by atoms with Crippen LogP contribution in [-0.4, -0.2) is 35.7 Å². The molecule has 0 heterocycles. The Morgan fingerprint density at radius 3 is 1.46 bits per heavy atom. The van der Waals surface area contributed by atoms with Gasteiger partial charge >= 0.3 is 0 Å². The highest BCUT2D eigenvalue weighted by Gasteiger charge is 1.95. The van der Waals surface area contributed by atoms with E-state index in [-0.39, 0.29) is 11.5 Å². The van der Waals surface area contributed by atoms with Gasteiger partial charge in [-0.2, -0.15) is 0 Å². The number of rotatable bonds is 9. The summed E-state index contributed by atoms with van der Waals surface area (Å²) in [5.74, 6) is 0.534. The summed E-state index contributed by atoms with van der Waals surface area (Å²) in [6, 6.07) is 14.4. The van der Waals surface area contributed by atoms with Gasteiger partial charge < -0.3 is 10.2 Å². The number of phenolic OH excluding ortho intramolecular Hbond substituents is 2. The molecule has 0 saturated carbocycles. The molecule has 0 aliphatic carbocycles. The largest absolute Gasteiger partial charge is 0.507 e. The summed E-state index contributed by atoms with van der Waals surface area (Å²) < 4.78 is 0. The second kappa shape index (κ2) is 10.2. The Morgan fingerprint density at radius 2 is 1.04 bits per heavy atom. The van der Waals surface area contributed by atoms with E-state index in [0.717, 1.165) is 49.9 Å². The Morgan fingerprint density at radius 1 is 0.625 bits per heavy atom. The number of hydrogen-bond acceptors (Lipinski definition) is 4. The van der Waals surface area contributed by atoms with E-state index in [4.69, 9.17) is 0 Å². The van der Waals surface area contributed by atoms with E-state index < -0.39 is 0 Å². The first kappa shape index (κ1) is 17.7. The quantitative estimate of drug-likeness (QED) is 0.536. The summed E-state index contributed by atoms with van der Waals surface area (Å²) in [5.41, 5.74) is 1.52. The molecule has 0 bridgehead atoms. The Hall–Kier alpha value is -2.62. The van der Waals surface area contributed by atoms with Crippen molar-refractivity contribution in [3.63, 3.8) is 0 Å². The fraction of sp³-hybridized carbons (Fsp3) is 0.300. The molecular formula is C20H24N2O2. The third kappa shape index (κ3) is 6.24. The average molecular weight is 324 g/mol. The lowest BCUT2D eigenvalue weighted by atomic mass is 10.2. The third-order valence-electron chi connectivity index (χ3n) is 3.66. The molecule has 0 unspecified atom stereocenters. The SMILES string of the molecule is Oc1ccccc1C=NCCCCCCN=Cc1ccccc1O. The molecular weight excluding hydrogens is 300 g/mol. The molecule has 0 amide bonds. The van der Waals surface area contributed by atoms with Crippen LogP contribution in [0.5, 0.6) is 11.5 Å². The molecule has 2 aromatic carbocycles. The Labute approximate surface area is 143 Å². The topological polar surface area (TPSA) is 65.2 Å². The summed E-state index contributed by atoms with van der Waals surface area (Å²) >= 11 is 0. The predicted octanol–water partition coefficient (Wildman–Crippen LogP) is 4.20. The maximum Gasteiger partial charge on any atom is 0.124 e. The van der Waals surface area contributed by atoms with Crippen LogP contribution in [0.1, 0.15) is 36.8 Å². The summed E-state index contributed by atoms with van der Waals surface area (Å²) in [7, 11) is 0. The van der Waals surface area contributed by atoms with Gasteiger partial charge in [0.25, 0.3) is 0 Å². The van der Waals surface area contributed by atoms with Gasteiger partial charge in [0.2, 0.25) is 0 Å². The minimum Gasteiger partial charge on any atom is -0.507 e. The standard InChI is InChI=1S/C20H24N2O2/c23-19-11-5-3-9-17(19)15-21-13-7-1-2-8-14-22-16-18-10-4-6-12-20(18)24/h3-6,9-12,15-16,23-24H,1-2,7-8,13-14H2. The molecule has 2 rings (SSSR count). The van der Waals surface area contributed by atoms with Crippen LogP contribution in [0.3, 0.4) is 0 Å². The van der Waals surface area contributed by atoms with Crippen molar-refractivity contribution in [1.29, 1.82) is 0 Å². The van der Waals surface area contributed by atoms with E-state index in [0.29, 0.717) is 0 Å². The maximum absolute atomic E-state index is 9.61. The molecule has 126 valence electrons. The van der Waals surface area contributed by atoms with Crippen molar-refractivity contribution in [1.82, 2.24) is 0 Å². The molecule has 0 saturated heterocycles. The van der Waals surface area contributed by atoms with Crippen LogP contribution < -0.4 is 0 Å². The van der Waals surface area contributed by atoms with Crippen molar-refractivity contribution in [2.45, 2.75) is 25.7 Å². The van der Waals surface area contributed by atoms with Crippen LogP contribution in [0.2, 0.25) is 0 Å².